The Hall–Kier alpha value is -5.38. The smallest absolute Gasteiger partial charge is 0.420 e. The van der Waals surface area contributed by atoms with E-state index in [2.05, 4.69) is 26.4 Å². The molecule has 5 aromatic rings. The van der Waals surface area contributed by atoms with Gasteiger partial charge in [-0.3, -0.25) is 4.90 Å². The van der Waals surface area contributed by atoms with Gasteiger partial charge in [0, 0.05) is 47.4 Å². The van der Waals surface area contributed by atoms with Gasteiger partial charge in [-0.2, -0.15) is 37.2 Å². The van der Waals surface area contributed by atoms with Gasteiger partial charge in [0.15, 0.2) is 5.82 Å². The van der Waals surface area contributed by atoms with E-state index in [0.29, 0.717) is 41.5 Å². The first kappa shape index (κ1) is 41.3. The number of nitrogen functional groups attached to an aromatic ring is 2. The summed E-state index contributed by atoms with van der Waals surface area (Å²) in [4.78, 5) is 16.0. The standard InChI is InChI=1S/C27H17ClF5N7O2S.C8H11F2N.C3H6/c1-41-26-38-20-17-21(42-5-4-40(25(17)39-26)9-10-6-11(28)8-37-23(10)35)18(27(31,32)33)16(19(20)30)12-2-3-14(29)22-15(12)13(7-34)24(36)43-22;9-8(10)6-4-7-2-1-3-11(7)5-6;1-3-2/h2-3,6,8H,4-5,9,36H2,1H3,(H2,35,37);7H,1-5H2;3H,1H2,2H3. The second-order valence-corrected chi connectivity index (χ2v) is 14.6. The fraction of sp³-hybridized carbons (Fsp3) is 0.316. The van der Waals surface area contributed by atoms with Gasteiger partial charge in [0.05, 0.1) is 34.3 Å². The van der Waals surface area contributed by atoms with Gasteiger partial charge < -0.3 is 25.8 Å². The number of rotatable bonds is 4. The Morgan fingerprint density at radius 2 is 1.93 bits per heavy atom. The number of ether oxygens (including phenoxy) is 2. The molecule has 4 N–H and O–H groups in total. The summed E-state index contributed by atoms with van der Waals surface area (Å²) in [5, 5.41) is 9.23. The number of hydrogen-bond acceptors (Lipinski definition) is 11. The quantitative estimate of drug-likeness (QED) is 0.133. The zero-order chi connectivity index (χ0) is 41.3. The number of methoxy groups -OCH3 is 1. The molecule has 2 aromatic carbocycles. The molecule has 0 aliphatic carbocycles. The average molecular weight is 835 g/mol. The summed E-state index contributed by atoms with van der Waals surface area (Å²) in [5.74, 6) is -2.99. The van der Waals surface area contributed by atoms with Crippen LogP contribution in [0.2, 0.25) is 5.02 Å². The molecule has 1 atom stereocenters. The average Bonchev–Trinajstić information content (AvgIpc) is 3.84. The maximum atomic E-state index is 16.7. The first-order chi connectivity index (χ1) is 27.1. The molecule has 1 unspecified atom stereocenters. The molecule has 2 saturated heterocycles. The number of aromatic nitrogens is 3. The van der Waals surface area contributed by atoms with E-state index in [1.807, 2.05) is 6.92 Å². The Kier molecular flexibility index (Phi) is 12.0. The molecule has 6 heterocycles. The maximum absolute atomic E-state index is 16.7. The lowest BCUT2D eigenvalue weighted by atomic mass is 9.91. The van der Waals surface area contributed by atoms with Gasteiger partial charge in [-0.1, -0.05) is 23.7 Å². The van der Waals surface area contributed by atoms with Gasteiger partial charge in [0.25, 0.3) is 6.08 Å². The Balaban J connectivity index is 0.000000330. The van der Waals surface area contributed by atoms with E-state index in [9.17, 15) is 18.4 Å². The highest BCUT2D eigenvalue weighted by Gasteiger charge is 2.44. The molecule has 19 heteroatoms. The first-order valence-corrected chi connectivity index (χ1v) is 18.5. The van der Waals surface area contributed by atoms with Crippen LogP contribution >= 0.6 is 22.9 Å². The van der Waals surface area contributed by atoms with Gasteiger partial charge in [0.2, 0.25) is 0 Å². The van der Waals surface area contributed by atoms with Crippen LogP contribution in [0.25, 0.3) is 32.1 Å². The van der Waals surface area contributed by atoms with Crippen molar-refractivity contribution in [1.29, 1.82) is 5.26 Å². The summed E-state index contributed by atoms with van der Waals surface area (Å²) in [7, 11) is 1.21. The molecule has 0 amide bonds. The third-order valence-corrected chi connectivity index (χ3v) is 10.8. The third-order valence-electron chi connectivity index (χ3n) is 9.54. The van der Waals surface area contributed by atoms with Crippen molar-refractivity contribution in [3.05, 3.63) is 82.1 Å². The maximum Gasteiger partial charge on any atom is 0.420 e. The zero-order valence-electron chi connectivity index (χ0n) is 30.4. The number of anilines is 3. The Morgan fingerprint density at radius 1 is 1.19 bits per heavy atom. The van der Waals surface area contributed by atoms with Crippen molar-refractivity contribution in [2.45, 2.75) is 44.9 Å². The number of hydrogen-bond donors (Lipinski definition) is 2. The lowest BCUT2D eigenvalue weighted by molar-refractivity contribution is -0.138. The number of fused-ring (bicyclic) bond motifs is 2. The number of nitrogens with zero attached hydrogens (tertiary/aromatic N) is 6. The highest BCUT2D eigenvalue weighted by Crippen LogP contribution is 2.53. The second-order valence-electron chi connectivity index (χ2n) is 13.1. The molecule has 57 heavy (non-hydrogen) atoms. The van der Waals surface area contributed by atoms with Crippen LogP contribution in [-0.2, 0) is 12.7 Å². The molecular formula is C38H34ClF7N8O2S. The molecule has 10 nitrogen and oxygen atoms in total. The van der Waals surface area contributed by atoms with E-state index in [4.69, 9.17) is 32.5 Å². The minimum absolute atomic E-state index is 0.00934. The van der Waals surface area contributed by atoms with Crippen LogP contribution in [0.15, 0.2) is 48.7 Å². The normalized spacial score (nSPS) is 16.2. The number of thiophene rings is 1. The molecule has 3 aromatic heterocycles. The SMILES string of the molecule is C=CC.COc1nc2c3c(c(C(F)(F)F)c(-c4ccc(F)c5sc(N)c(C#N)c45)c(F)c3n1)OCCN2Cc1cc(Cl)cnc1N.FC(F)=C1CC2CCCN2C1. The van der Waals surface area contributed by atoms with Gasteiger partial charge >= 0.3 is 12.2 Å². The second kappa shape index (κ2) is 16.6. The molecule has 8 rings (SSSR count). The highest BCUT2D eigenvalue weighted by molar-refractivity contribution is 7.23. The van der Waals surface area contributed by atoms with Crippen molar-refractivity contribution in [3.8, 4) is 29.0 Å². The third kappa shape index (κ3) is 7.96. The van der Waals surface area contributed by atoms with Crippen LogP contribution in [0.4, 0.5) is 47.4 Å². The van der Waals surface area contributed by atoms with Crippen LogP contribution in [0, 0.1) is 23.0 Å². The van der Waals surface area contributed by atoms with E-state index < -0.39 is 51.8 Å². The summed E-state index contributed by atoms with van der Waals surface area (Å²) < 4.78 is 111. The van der Waals surface area contributed by atoms with Crippen molar-refractivity contribution in [2.24, 2.45) is 0 Å². The molecule has 0 radical (unpaired) electrons. The minimum Gasteiger partial charge on any atom is -0.490 e. The van der Waals surface area contributed by atoms with E-state index in [-0.39, 0.29) is 68.4 Å². The van der Waals surface area contributed by atoms with Crippen molar-refractivity contribution in [2.75, 3.05) is 49.7 Å². The molecule has 3 aliphatic rings. The number of nitriles is 1. The van der Waals surface area contributed by atoms with E-state index in [0.717, 1.165) is 25.1 Å². The van der Waals surface area contributed by atoms with Gasteiger partial charge in [0.1, 0.15) is 52.0 Å². The zero-order valence-corrected chi connectivity index (χ0v) is 32.0. The lowest BCUT2D eigenvalue weighted by Gasteiger charge is -2.24. The highest BCUT2D eigenvalue weighted by atomic mass is 35.5. The van der Waals surface area contributed by atoms with Gasteiger partial charge in [-0.05, 0) is 50.4 Å². The largest absolute Gasteiger partial charge is 0.490 e. The van der Waals surface area contributed by atoms with E-state index in [1.165, 1.54) is 30.7 Å². The molecular weight excluding hydrogens is 801 g/mol. The van der Waals surface area contributed by atoms with Crippen LogP contribution in [0.5, 0.6) is 11.8 Å². The predicted molar refractivity (Wildman–Crippen MR) is 205 cm³/mol. The number of halogens is 8. The van der Waals surface area contributed by atoms with Crippen LogP contribution in [0.3, 0.4) is 0 Å². The first-order valence-electron chi connectivity index (χ1n) is 17.3. The number of alkyl halides is 3. The minimum atomic E-state index is -5.19. The van der Waals surface area contributed by atoms with Crippen molar-refractivity contribution in [1.82, 2.24) is 19.9 Å². The number of nitrogens with two attached hydrogens (primary N) is 2. The van der Waals surface area contributed by atoms with E-state index >= 15 is 17.6 Å². The fourth-order valence-corrected chi connectivity index (χ4v) is 8.30. The van der Waals surface area contributed by atoms with Crippen LogP contribution in [-0.4, -0.2) is 59.2 Å². The molecule has 0 bridgehead atoms. The van der Waals surface area contributed by atoms with Crippen molar-refractivity contribution >= 4 is 60.6 Å². The number of benzene rings is 2. The predicted octanol–water partition coefficient (Wildman–Crippen LogP) is 9.50. The van der Waals surface area contributed by atoms with E-state index in [1.54, 1.807) is 12.1 Å². The molecule has 3 aliphatic heterocycles. The summed E-state index contributed by atoms with van der Waals surface area (Å²) >= 11 is 6.75. The van der Waals surface area contributed by atoms with Crippen molar-refractivity contribution < 1.29 is 40.2 Å². The van der Waals surface area contributed by atoms with Crippen LogP contribution in [0.1, 0.15) is 42.9 Å². The Bertz CT molecular complexity index is 2440. The van der Waals surface area contributed by atoms with Crippen LogP contribution < -0.4 is 25.8 Å². The molecule has 0 saturated carbocycles. The Morgan fingerprint density at radius 3 is 2.58 bits per heavy atom. The number of allylic oxidation sites excluding steroid dienone is 1. The summed E-state index contributed by atoms with van der Waals surface area (Å²) in [6.07, 6.45) is -0.641. The molecule has 300 valence electrons. The molecule has 2 fully saturated rings. The Labute approximate surface area is 330 Å². The van der Waals surface area contributed by atoms with Gasteiger partial charge in [-0.15, -0.1) is 17.9 Å². The molecule has 0 spiro atoms. The lowest BCUT2D eigenvalue weighted by Crippen LogP contribution is -2.28. The van der Waals surface area contributed by atoms with Gasteiger partial charge in [-0.25, -0.2) is 13.8 Å². The summed E-state index contributed by atoms with van der Waals surface area (Å²) in [5.41, 5.74) is 8.99. The monoisotopic (exact) mass is 834 g/mol. The topological polar surface area (TPSA) is 139 Å². The van der Waals surface area contributed by atoms with Crippen molar-refractivity contribution in [3.63, 3.8) is 0 Å². The number of pyridine rings is 1. The summed E-state index contributed by atoms with van der Waals surface area (Å²) in [6.45, 7) is 6.46. The fourth-order valence-electron chi connectivity index (χ4n) is 7.17. The summed E-state index contributed by atoms with van der Waals surface area (Å²) in [6, 6.07) is 5.27.